The molecule has 5 heteroatoms. The van der Waals surface area contributed by atoms with Gasteiger partial charge in [-0.15, -0.1) is 0 Å². The lowest BCUT2D eigenvalue weighted by Crippen LogP contribution is -2.12. The summed E-state index contributed by atoms with van der Waals surface area (Å²) in [6.07, 6.45) is 0. The molecule has 3 heterocycles. The molecule has 0 saturated carbocycles. The molecule has 0 spiro atoms. The molecule has 60 heavy (non-hydrogen) atoms. The fraction of sp³-hybridized carbons (Fsp3) is 0. The van der Waals surface area contributed by atoms with E-state index in [1.54, 1.807) is 0 Å². The number of anilines is 3. The normalized spacial score (nSPS) is 11.7. The van der Waals surface area contributed by atoms with Gasteiger partial charge in [-0.3, -0.25) is 0 Å². The Labute approximate surface area is 345 Å². The largest absolute Gasteiger partial charge is 0.455 e. The summed E-state index contributed by atoms with van der Waals surface area (Å²) in [7, 11) is 0. The third kappa shape index (κ3) is 5.37. The van der Waals surface area contributed by atoms with E-state index in [4.69, 9.17) is 13.8 Å². The molecule has 0 unspecified atom stereocenters. The zero-order chi connectivity index (χ0) is 39.6. The highest BCUT2D eigenvalue weighted by atomic mass is 16.4. The second-order valence-corrected chi connectivity index (χ2v) is 15.1. The van der Waals surface area contributed by atoms with E-state index in [1.807, 2.05) is 48.5 Å². The van der Waals surface area contributed by atoms with E-state index >= 15 is 0 Å². The van der Waals surface area contributed by atoms with E-state index < -0.39 is 0 Å². The van der Waals surface area contributed by atoms with Crippen LogP contribution in [0.2, 0.25) is 0 Å². The van der Waals surface area contributed by atoms with Gasteiger partial charge in [0.1, 0.15) is 16.7 Å². The summed E-state index contributed by atoms with van der Waals surface area (Å²) in [5.41, 5.74) is 14.6. The molecule has 0 bridgehead atoms. The van der Waals surface area contributed by atoms with Crippen molar-refractivity contribution >= 4 is 71.9 Å². The van der Waals surface area contributed by atoms with Gasteiger partial charge in [-0.2, -0.15) is 0 Å². The van der Waals surface area contributed by atoms with Crippen molar-refractivity contribution in [3.63, 3.8) is 0 Å². The minimum absolute atomic E-state index is 0.575. The average molecular weight is 770 g/mol. The first-order chi connectivity index (χ1) is 29.8. The fourth-order valence-electron chi connectivity index (χ4n) is 8.95. The minimum atomic E-state index is 0.575. The van der Waals surface area contributed by atoms with Gasteiger partial charge >= 0.3 is 0 Å². The van der Waals surface area contributed by atoms with Crippen molar-refractivity contribution in [1.29, 1.82) is 0 Å². The van der Waals surface area contributed by atoms with Crippen LogP contribution >= 0.6 is 0 Å². The number of hydrogen-bond donors (Lipinski definition) is 0. The van der Waals surface area contributed by atoms with Crippen LogP contribution in [0.15, 0.2) is 221 Å². The Morgan fingerprint density at radius 1 is 0.433 bits per heavy atom. The monoisotopic (exact) mass is 769 g/mol. The number of hydrogen-bond acceptors (Lipinski definition) is 4. The Kier molecular flexibility index (Phi) is 7.78. The molecular formula is C55H35N3O2. The van der Waals surface area contributed by atoms with Crippen LogP contribution in [-0.4, -0.2) is 9.55 Å². The smallest absolute Gasteiger partial charge is 0.227 e. The maximum atomic E-state index is 6.67. The van der Waals surface area contributed by atoms with Gasteiger partial charge in [0, 0.05) is 44.0 Å². The van der Waals surface area contributed by atoms with Crippen molar-refractivity contribution in [2.45, 2.75) is 0 Å². The molecule has 0 fully saturated rings. The predicted molar refractivity (Wildman–Crippen MR) is 247 cm³/mol. The summed E-state index contributed by atoms with van der Waals surface area (Å²) >= 11 is 0. The quantitative estimate of drug-likeness (QED) is 0.162. The summed E-state index contributed by atoms with van der Waals surface area (Å²) < 4.78 is 15.7. The number of aromatic nitrogens is 2. The van der Waals surface area contributed by atoms with Crippen LogP contribution in [0.3, 0.4) is 0 Å². The number of rotatable bonds is 7. The number of oxazole rings is 1. The van der Waals surface area contributed by atoms with Crippen molar-refractivity contribution in [3.05, 3.63) is 212 Å². The fourth-order valence-corrected chi connectivity index (χ4v) is 8.95. The molecule has 0 aliphatic heterocycles. The van der Waals surface area contributed by atoms with Crippen molar-refractivity contribution in [3.8, 4) is 39.4 Å². The van der Waals surface area contributed by atoms with Gasteiger partial charge in [-0.1, -0.05) is 146 Å². The van der Waals surface area contributed by atoms with Gasteiger partial charge < -0.3 is 18.3 Å². The maximum Gasteiger partial charge on any atom is 0.227 e. The van der Waals surface area contributed by atoms with Crippen LogP contribution in [-0.2, 0) is 0 Å². The average Bonchev–Trinajstić information content (AvgIpc) is 4.02. The van der Waals surface area contributed by atoms with Crippen molar-refractivity contribution in [2.24, 2.45) is 0 Å². The van der Waals surface area contributed by atoms with Crippen LogP contribution in [0.5, 0.6) is 0 Å². The molecule has 282 valence electrons. The molecule has 12 aromatic rings. The molecule has 0 radical (unpaired) electrons. The highest BCUT2D eigenvalue weighted by Crippen LogP contribution is 2.48. The minimum Gasteiger partial charge on any atom is -0.455 e. The van der Waals surface area contributed by atoms with E-state index in [0.29, 0.717) is 11.5 Å². The van der Waals surface area contributed by atoms with Crippen LogP contribution in [0.4, 0.5) is 17.1 Å². The third-order valence-corrected chi connectivity index (χ3v) is 11.6. The molecule has 0 saturated heterocycles. The topological polar surface area (TPSA) is 47.3 Å². The van der Waals surface area contributed by atoms with E-state index in [0.717, 1.165) is 89.1 Å². The van der Waals surface area contributed by atoms with Crippen LogP contribution in [0.25, 0.3) is 94.2 Å². The van der Waals surface area contributed by atoms with Gasteiger partial charge in [0.05, 0.1) is 28.0 Å². The van der Waals surface area contributed by atoms with E-state index in [1.165, 1.54) is 10.8 Å². The van der Waals surface area contributed by atoms with Crippen molar-refractivity contribution in [1.82, 2.24) is 9.55 Å². The number of nitrogens with zero attached hydrogens (tertiary/aromatic N) is 3. The summed E-state index contributed by atoms with van der Waals surface area (Å²) in [5.74, 6) is 0.575. The lowest BCUT2D eigenvalue weighted by atomic mass is 9.99. The first kappa shape index (κ1) is 33.9. The first-order valence-corrected chi connectivity index (χ1v) is 20.2. The lowest BCUT2D eigenvalue weighted by molar-refractivity contribution is 0.619. The van der Waals surface area contributed by atoms with Gasteiger partial charge in [-0.25, -0.2) is 4.98 Å². The van der Waals surface area contributed by atoms with Gasteiger partial charge in [-0.05, 0) is 77.9 Å². The summed E-state index contributed by atoms with van der Waals surface area (Å²) in [5, 5.41) is 4.44. The second-order valence-electron chi connectivity index (χ2n) is 15.1. The molecular weight excluding hydrogens is 735 g/mol. The first-order valence-electron chi connectivity index (χ1n) is 20.2. The molecule has 9 aromatic carbocycles. The number of furan rings is 1. The maximum absolute atomic E-state index is 6.67. The van der Waals surface area contributed by atoms with Gasteiger partial charge in [0.25, 0.3) is 0 Å². The molecule has 12 rings (SSSR count). The van der Waals surface area contributed by atoms with Crippen molar-refractivity contribution < 1.29 is 8.83 Å². The highest BCUT2D eigenvalue weighted by molar-refractivity contribution is 6.17. The Hall–Kier alpha value is -8.15. The molecule has 5 nitrogen and oxygen atoms in total. The molecule has 3 aromatic heterocycles. The van der Waals surface area contributed by atoms with Crippen LogP contribution in [0, 0.1) is 0 Å². The Morgan fingerprint density at radius 2 is 1.07 bits per heavy atom. The van der Waals surface area contributed by atoms with Gasteiger partial charge in [0.2, 0.25) is 5.89 Å². The SMILES string of the molecule is c1ccc(-c2nc3cc4c(oc5ccccc54)c(-c4ccc(N(c5ccccc5-c5ccccc5)c5cccc6c7ccccc7n(-c7ccccc7)c56)cc4)c3o2)cc1. The molecule has 0 aliphatic rings. The standard InChI is InChI=1S/C55H35N3O2/c1-4-17-36(18-5-1)41-23-10-13-27-47(41)57(49-29-16-26-44-42-24-11-14-28-48(42)58(52(44)49)39-21-8-3-9-22-39)40-33-31-37(32-34-40)51-53-45(43-25-12-15-30-50(43)59-53)35-46-54(51)60-55(56-46)38-19-6-2-7-20-38/h1-35H. The van der Waals surface area contributed by atoms with Gasteiger partial charge in [0.15, 0.2) is 5.58 Å². The molecule has 0 N–H and O–H groups in total. The zero-order valence-corrected chi connectivity index (χ0v) is 32.4. The molecule has 0 aliphatic carbocycles. The lowest BCUT2D eigenvalue weighted by Gasteiger charge is -2.29. The van der Waals surface area contributed by atoms with E-state index in [-0.39, 0.29) is 0 Å². The molecule has 0 amide bonds. The summed E-state index contributed by atoms with van der Waals surface area (Å²) in [6, 6.07) is 74.5. The van der Waals surface area contributed by atoms with Crippen LogP contribution < -0.4 is 4.90 Å². The number of para-hydroxylation sites is 5. The zero-order valence-electron chi connectivity index (χ0n) is 32.4. The van der Waals surface area contributed by atoms with E-state index in [9.17, 15) is 0 Å². The van der Waals surface area contributed by atoms with E-state index in [2.05, 4.69) is 173 Å². The Morgan fingerprint density at radius 3 is 1.87 bits per heavy atom. The number of benzene rings is 9. The van der Waals surface area contributed by atoms with Crippen molar-refractivity contribution in [2.75, 3.05) is 4.90 Å². The summed E-state index contributed by atoms with van der Waals surface area (Å²) in [4.78, 5) is 7.44. The van der Waals surface area contributed by atoms with Crippen LogP contribution in [0.1, 0.15) is 0 Å². The second kappa shape index (κ2) is 13.8. The third-order valence-electron chi connectivity index (χ3n) is 11.6. The Balaban J connectivity index is 1.11. The number of fused-ring (bicyclic) bond motifs is 7. The highest BCUT2D eigenvalue weighted by Gasteiger charge is 2.25. The Bertz CT molecular complexity index is 3530. The molecule has 0 atom stereocenters. The summed E-state index contributed by atoms with van der Waals surface area (Å²) in [6.45, 7) is 0. The predicted octanol–water partition coefficient (Wildman–Crippen LogP) is 15.3.